The Morgan fingerprint density at radius 1 is 1.11 bits per heavy atom. The van der Waals surface area contributed by atoms with E-state index in [-0.39, 0.29) is 18.2 Å². The number of quaternary nitrogens is 1. The third-order valence-corrected chi connectivity index (χ3v) is 5.85. The average molecular weight is 367 g/mol. The van der Waals surface area contributed by atoms with Gasteiger partial charge in [-0.15, -0.1) is 0 Å². The van der Waals surface area contributed by atoms with E-state index in [1.807, 2.05) is 68.6 Å². The summed E-state index contributed by atoms with van der Waals surface area (Å²) in [5.74, 6) is 0.610. The monoisotopic (exact) mass is 367 g/mol. The first-order chi connectivity index (χ1) is 12.8. The molecule has 2 aromatic rings. The lowest BCUT2D eigenvalue weighted by Crippen LogP contribution is -2.62. The number of ketones is 1. The van der Waals surface area contributed by atoms with Crippen molar-refractivity contribution in [3.63, 3.8) is 0 Å². The van der Waals surface area contributed by atoms with Crippen molar-refractivity contribution in [3.05, 3.63) is 65.7 Å². The first-order valence-electron chi connectivity index (χ1n) is 9.24. The summed E-state index contributed by atoms with van der Waals surface area (Å²) in [6, 6.07) is 17.9. The van der Waals surface area contributed by atoms with Crippen LogP contribution in [0.4, 0.5) is 0 Å². The summed E-state index contributed by atoms with van der Waals surface area (Å²) < 4.78 is 6.19. The predicted molar refractivity (Wildman–Crippen MR) is 104 cm³/mol. The number of hydrogen-bond acceptors (Lipinski definition) is 3. The Hall–Kier alpha value is -2.66. The molecular weight excluding hydrogens is 340 g/mol. The molecule has 1 fully saturated rings. The number of carbonyl (C=O) groups is 2. The molecule has 2 aromatic carbocycles. The molecule has 0 spiro atoms. The van der Waals surface area contributed by atoms with E-state index in [9.17, 15) is 9.59 Å². The molecule has 5 nitrogen and oxygen atoms in total. The van der Waals surface area contributed by atoms with Crippen LogP contribution in [0.5, 0.6) is 5.75 Å². The molecule has 0 saturated carbocycles. The minimum absolute atomic E-state index is 0.181. The third-order valence-electron chi connectivity index (χ3n) is 5.85. The Balaban J connectivity index is 1.69. The highest BCUT2D eigenvalue weighted by Gasteiger charge is 2.55. The summed E-state index contributed by atoms with van der Waals surface area (Å²) in [6.45, 7) is 3.30. The molecule has 5 heteroatoms. The summed E-state index contributed by atoms with van der Waals surface area (Å²) >= 11 is 0. The van der Waals surface area contributed by atoms with Crippen molar-refractivity contribution in [1.82, 2.24) is 0 Å². The largest absolute Gasteiger partial charge is 0.489 e. The minimum atomic E-state index is -0.637. The molecule has 1 aliphatic rings. The topological polar surface area (TPSA) is 69.4 Å². The number of carbonyl (C=O) groups excluding carboxylic acids is 2. The number of hydrogen-bond donors (Lipinski definition) is 1. The summed E-state index contributed by atoms with van der Waals surface area (Å²) in [5.41, 5.74) is 6.96. The maximum atomic E-state index is 12.6. The van der Waals surface area contributed by atoms with Crippen LogP contribution < -0.4 is 10.5 Å². The van der Waals surface area contributed by atoms with Crippen LogP contribution in [0.3, 0.4) is 0 Å². The fraction of sp³-hybridized carbons (Fsp3) is 0.364. The molecule has 1 saturated heterocycles. The van der Waals surface area contributed by atoms with Gasteiger partial charge in [0, 0.05) is 6.42 Å². The van der Waals surface area contributed by atoms with E-state index in [0.29, 0.717) is 30.5 Å². The summed E-state index contributed by atoms with van der Waals surface area (Å²) in [6.07, 6.45) is 1.06. The van der Waals surface area contributed by atoms with E-state index in [1.54, 1.807) is 0 Å². The highest BCUT2D eigenvalue weighted by atomic mass is 16.5. The van der Waals surface area contributed by atoms with Gasteiger partial charge < -0.3 is 15.0 Å². The second kappa shape index (κ2) is 7.53. The van der Waals surface area contributed by atoms with Crippen molar-refractivity contribution in [2.24, 2.45) is 5.73 Å². The van der Waals surface area contributed by atoms with Gasteiger partial charge in [-0.25, -0.2) is 0 Å². The minimum Gasteiger partial charge on any atom is -0.489 e. The Morgan fingerprint density at radius 2 is 1.78 bits per heavy atom. The lowest BCUT2D eigenvalue weighted by Gasteiger charge is -2.42. The van der Waals surface area contributed by atoms with Gasteiger partial charge in [0.2, 0.25) is 0 Å². The van der Waals surface area contributed by atoms with Crippen molar-refractivity contribution in [3.8, 4) is 5.75 Å². The van der Waals surface area contributed by atoms with E-state index >= 15 is 0 Å². The Morgan fingerprint density at radius 3 is 2.41 bits per heavy atom. The van der Waals surface area contributed by atoms with Crippen LogP contribution in [0.2, 0.25) is 0 Å². The van der Waals surface area contributed by atoms with E-state index < -0.39 is 5.54 Å². The molecule has 0 bridgehead atoms. The summed E-state index contributed by atoms with van der Waals surface area (Å²) in [4.78, 5) is 24.2. The zero-order valence-electron chi connectivity index (χ0n) is 16.0. The number of Topliss-reactive ketones (excluding diaryl/α,β-unsaturated/α-hetero) is 1. The van der Waals surface area contributed by atoms with E-state index in [0.717, 1.165) is 16.9 Å². The molecule has 3 rings (SSSR count). The summed E-state index contributed by atoms with van der Waals surface area (Å²) in [7, 11) is 1.95. The lowest BCUT2D eigenvalue weighted by molar-refractivity contribution is -0.931. The van der Waals surface area contributed by atoms with Crippen molar-refractivity contribution in [2.45, 2.75) is 31.9 Å². The maximum Gasteiger partial charge on any atom is 0.272 e. The van der Waals surface area contributed by atoms with Crippen LogP contribution in [0.15, 0.2) is 54.6 Å². The van der Waals surface area contributed by atoms with Crippen LogP contribution in [-0.4, -0.2) is 41.8 Å². The molecule has 1 heterocycles. The van der Waals surface area contributed by atoms with Gasteiger partial charge in [-0.2, -0.15) is 0 Å². The van der Waals surface area contributed by atoms with Gasteiger partial charge >= 0.3 is 0 Å². The van der Waals surface area contributed by atoms with Gasteiger partial charge in [-0.3, -0.25) is 9.59 Å². The number of rotatable bonds is 7. The van der Waals surface area contributed by atoms with Crippen molar-refractivity contribution >= 4 is 11.7 Å². The zero-order chi connectivity index (χ0) is 19.5. The number of nitrogens with zero attached hydrogens (tertiary/aromatic N) is 1. The number of primary amides is 1. The van der Waals surface area contributed by atoms with Gasteiger partial charge in [0.25, 0.3) is 5.91 Å². The Bertz CT molecular complexity index is 819. The molecule has 0 aliphatic carbocycles. The van der Waals surface area contributed by atoms with Crippen LogP contribution in [0.1, 0.15) is 24.5 Å². The molecule has 2 N–H and O–H groups in total. The van der Waals surface area contributed by atoms with E-state index in [1.165, 1.54) is 0 Å². The Kier molecular flexibility index (Phi) is 5.33. The van der Waals surface area contributed by atoms with Crippen molar-refractivity contribution in [1.29, 1.82) is 0 Å². The number of nitrogens with two attached hydrogens (primary N) is 1. The van der Waals surface area contributed by atoms with Crippen LogP contribution in [-0.2, 0) is 22.6 Å². The molecule has 2 atom stereocenters. The number of likely N-dealkylation sites (tertiary alicyclic amines) is 1. The van der Waals surface area contributed by atoms with Crippen LogP contribution >= 0.6 is 0 Å². The molecule has 142 valence electrons. The summed E-state index contributed by atoms with van der Waals surface area (Å²) in [5, 5.41) is 0. The first-order valence-corrected chi connectivity index (χ1v) is 9.24. The molecule has 2 unspecified atom stereocenters. The fourth-order valence-electron chi connectivity index (χ4n) is 3.89. The van der Waals surface area contributed by atoms with Crippen LogP contribution in [0, 0.1) is 0 Å². The Labute approximate surface area is 160 Å². The average Bonchev–Trinajstić information content (AvgIpc) is 2.85. The van der Waals surface area contributed by atoms with E-state index in [4.69, 9.17) is 10.5 Å². The molecule has 0 radical (unpaired) electrons. The highest BCUT2D eigenvalue weighted by Crippen LogP contribution is 2.35. The number of ether oxygens (including phenoxy) is 1. The van der Waals surface area contributed by atoms with Gasteiger partial charge in [-0.1, -0.05) is 42.5 Å². The van der Waals surface area contributed by atoms with Crippen LogP contribution in [0.25, 0.3) is 0 Å². The second-order valence-electron chi connectivity index (χ2n) is 7.79. The lowest BCUT2D eigenvalue weighted by atomic mass is 9.87. The first kappa shape index (κ1) is 19.1. The number of amides is 1. The number of likely N-dealkylation sites (N-methyl/N-ethyl adjacent to an activating group) is 1. The quantitative estimate of drug-likeness (QED) is 0.765. The predicted octanol–water partition coefficient (Wildman–Crippen LogP) is 2.47. The van der Waals surface area contributed by atoms with Gasteiger partial charge in [0.15, 0.2) is 17.9 Å². The van der Waals surface area contributed by atoms with E-state index in [2.05, 4.69) is 0 Å². The highest BCUT2D eigenvalue weighted by molar-refractivity contribution is 5.89. The van der Waals surface area contributed by atoms with Gasteiger partial charge in [-0.05, 0) is 30.2 Å². The van der Waals surface area contributed by atoms with Crippen molar-refractivity contribution < 1.29 is 18.8 Å². The zero-order valence-corrected chi connectivity index (χ0v) is 16.0. The smallest absolute Gasteiger partial charge is 0.272 e. The fourth-order valence-corrected chi connectivity index (χ4v) is 3.89. The normalized spacial score (nSPS) is 24.7. The second-order valence-corrected chi connectivity index (χ2v) is 7.79. The number of benzene rings is 2. The van der Waals surface area contributed by atoms with Gasteiger partial charge in [0.05, 0.1) is 20.0 Å². The van der Waals surface area contributed by atoms with Crippen molar-refractivity contribution in [2.75, 3.05) is 20.1 Å². The van der Waals surface area contributed by atoms with Gasteiger partial charge in [0.1, 0.15) is 12.4 Å². The third kappa shape index (κ3) is 4.03. The SMILES string of the molecule is CC1(Cc2ccc(OCc3ccccc3)cc2)C(=O)CC[N+]1(C)CC(N)=O. The molecule has 27 heavy (non-hydrogen) atoms. The standard InChI is InChI=1S/C22H26N2O3/c1-22(20(25)12-13-24(22,2)15-21(23)26)14-17-8-10-19(11-9-17)27-16-18-6-4-3-5-7-18/h3-11H,12-16H2,1-2H3,(H-,23,26)/p+1. The molecule has 1 amide bonds. The molecular formula is C22H27N2O3+. The molecule has 0 aromatic heterocycles. The maximum absolute atomic E-state index is 12.6. The molecule has 1 aliphatic heterocycles.